The molecule has 94 valence electrons. The van der Waals surface area contributed by atoms with Gasteiger partial charge in [0.05, 0.1) is 13.2 Å². The van der Waals surface area contributed by atoms with Crippen molar-refractivity contribution in [2.45, 2.75) is 13.8 Å². The van der Waals surface area contributed by atoms with E-state index in [1.165, 1.54) is 6.08 Å². The minimum Gasteiger partial charge on any atom is -0.494 e. The topological polar surface area (TPSA) is 59.3 Å². The molecule has 0 saturated carbocycles. The van der Waals surface area contributed by atoms with Crippen molar-refractivity contribution >= 4 is 12.0 Å². The Labute approximate surface area is 106 Å². The van der Waals surface area contributed by atoms with E-state index in [9.17, 15) is 4.79 Å². The van der Waals surface area contributed by atoms with Gasteiger partial charge in [0, 0.05) is 0 Å². The molecule has 0 saturated heterocycles. The summed E-state index contributed by atoms with van der Waals surface area (Å²) in [6.45, 7) is 4.40. The molecule has 4 heteroatoms. The summed E-state index contributed by atoms with van der Waals surface area (Å²) >= 11 is 0. The molecule has 0 atom stereocenters. The van der Waals surface area contributed by atoms with Crippen molar-refractivity contribution in [3.05, 3.63) is 35.4 Å². The second-order valence-electron chi connectivity index (χ2n) is 3.40. The SMILES string of the molecule is CCOC(=O)C(C#N)=Cc1cccc(OCC)c1. The Morgan fingerprint density at radius 2 is 2.17 bits per heavy atom. The summed E-state index contributed by atoms with van der Waals surface area (Å²) in [4.78, 5) is 11.4. The molecule has 0 aliphatic rings. The highest BCUT2D eigenvalue weighted by molar-refractivity contribution is 5.97. The van der Waals surface area contributed by atoms with E-state index in [0.29, 0.717) is 12.4 Å². The first-order valence-corrected chi connectivity index (χ1v) is 5.73. The fraction of sp³-hybridized carbons (Fsp3) is 0.286. The van der Waals surface area contributed by atoms with E-state index in [1.807, 2.05) is 19.1 Å². The van der Waals surface area contributed by atoms with Crippen LogP contribution in [0.1, 0.15) is 19.4 Å². The molecule has 0 N–H and O–H groups in total. The Bertz CT molecular complexity index is 486. The maximum absolute atomic E-state index is 11.4. The molecule has 0 aromatic heterocycles. The first-order chi connectivity index (χ1) is 8.71. The van der Waals surface area contributed by atoms with Gasteiger partial charge in [0.2, 0.25) is 0 Å². The third-order valence-electron chi connectivity index (χ3n) is 2.10. The molecule has 0 amide bonds. The Kier molecular flexibility index (Phi) is 5.46. The number of rotatable bonds is 5. The van der Waals surface area contributed by atoms with Crippen molar-refractivity contribution in [2.75, 3.05) is 13.2 Å². The van der Waals surface area contributed by atoms with Gasteiger partial charge in [0.15, 0.2) is 0 Å². The van der Waals surface area contributed by atoms with Gasteiger partial charge < -0.3 is 9.47 Å². The van der Waals surface area contributed by atoms with Gasteiger partial charge in [-0.15, -0.1) is 0 Å². The van der Waals surface area contributed by atoms with Crippen LogP contribution in [-0.2, 0) is 9.53 Å². The smallest absolute Gasteiger partial charge is 0.348 e. The molecule has 0 aliphatic carbocycles. The molecule has 0 heterocycles. The lowest BCUT2D eigenvalue weighted by Crippen LogP contribution is -2.06. The van der Waals surface area contributed by atoms with Crippen LogP contribution in [0.2, 0.25) is 0 Å². The summed E-state index contributed by atoms with van der Waals surface area (Å²) < 4.78 is 10.1. The van der Waals surface area contributed by atoms with Gasteiger partial charge in [0.1, 0.15) is 17.4 Å². The molecule has 1 aromatic rings. The average molecular weight is 245 g/mol. The third-order valence-corrected chi connectivity index (χ3v) is 2.10. The van der Waals surface area contributed by atoms with Crippen LogP contribution >= 0.6 is 0 Å². The second-order valence-corrected chi connectivity index (χ2v) is 3.40. The molecule has 0 radical (unpaired) electrons. The zero-order chi connectivity index (χ0) is 13.4. The standard InChI is InChI=1S/C14H15NO3/c1-3-17-13-7-5-6-11(9-13)8-12(10-15)14(16)18-4-2/h5-9H,3-4H2,1-2H3. The van der Waals surface area contributed by atoms with Gasteiger partial charge in [-0.1, -0.05) is 12.1 Å². The van der Waals surface area contributed by atoms with Gasteiger partial charge in [-0.05, 0) is 37.6 Å². The molecular formula is C14H15NO3. The van der Waals surface area contributed by atoms with Crippen LogP contribution in [0.25, 0.3) is 6.08 Å². The molecule has 0 aliphatic heterocycles. The van der Waals surface area contributed by atoms with Gasteiger partial charge in [-0.2, -0.15) is 5.26 Å². The van der Waals surface area contributed by atoms with Crippen LogP contribution < -0.4 is 4.74 Å². The average Bonchev–Trinajstić information content (AvgIpc) is 2.37. The van der Waals surface area contributed by atoms with Crippen LogP contribution in [0.15, 0.2) is 29.8 Å². The summed E-state index contributed by atoms with van der Waals surface area (Å²) in [6.07, 6.45) is 1.49. The van der Waals surface area contributed by atoms with Gasteiger partial charge >= 0.3 is 5.97 Å². The van der Waals surface area contributed by atoms with Crippen molar-refractivity contribution in [3.8, 4) is 11.8 Å². The highest BCUT2D eigenvalue weighted by atomic mass is 16.5. The van der Waals surface area contributed by atoms with Crippen LogP contribution in [0, 0.1) is 11.3 Å². The molecule has 0 bridgehead atoms. The number of hydrogen-bond donors (Lipinski definition) is 0. The molecule has 0 unspecified atom stereocenters. The zero-order valence-corrected chi connectivity index (χ0v) is 10.5. The maximum atomic E-state index is 11.4. The van der Waals surface area contributed by atoms with E-state index in [-0.39, 0.29) is 12.2 Å². The fourth-order valence-electron chi connectivity index (χ4n) is 1.37. The molecule has 4 nitrogen and oxygen atoms in total. The van der Waals surface area contributed by atoms with E-state index < -0.39 is 5.97 Å². The highest BCUT2D eigenvalue weighted by Crippen LogP contribution is 2.16. The monoisotopic (exact) mass is 245 g/mol. The van der Waals surface area contributed by atoms with E-state index in [0.717, 1.165) is 5.56 Å². The van der Waals surface area contributed by atoms with Crippen LogP contribution in [0.5, 0.6) is 5.75 Å². The van der Waals surface area contributed by atoms with Crippen molar-refractivity contribution < 1.29 is 14.3 Å². The number of ether oxygens (including phenoxy) is 2. The van der Waals surface area contributed by atoms with Crippen LogP contribution in [-0.4, -0.2) is 19.2 Å². The maximum Gasteiger partial charge on any atom is 0.348 e. The van der Waals surface area contributed by atoms with Gasteiger partial charge in [-0.3, -0.25) is 0 Å². The van der Waals surface area contributed by atoms with Crippen LogP contribution in [0.3, 0.4) is 0 Å². The Morgan fingerprint density at radius 1 is 1.39 bits per heavy atom. The van der Waals surface area contributed by atoms with Crippen LogP contribution in [0.4, 0.5) is 0 Å². The fourth-order valence-corrected chi connectivity index (χ4v) is 1.37. The molecular weight excluding hydrogens is 230 g/mol. The van der Waals surface area contributed by atoms with Crippen molar-refractivity contribution in [1.29, 1.82) is 5.26 Å². The van der Waals surface area contributed by atoms with Crippen molar-refractivity contribution in [3.63, 3.8) is 0 Å². The lowest BCUT2D eigenvalue weighted by Gasteiger charge is -2.04. The minimum atomic E-state index is -0.609. The third kappa shape index (κ3) is 3.95. The Hall–Kier alpha value is -2.28. The first kappa shape index (κ1) is 13.8. The lowest BCUT2D eigenvalue weighted by molar-refractivity contribution is -0.137. The molecule has 0 spiro atoms. The van der Waals surface area contributed by atoms with E-state index in [4.69, 9.17) is 14.7 Å². The van der Waals surface area contributed by atoms with Crippen molar-refractivity contribution in [2.24, 2.45) is 0 Å². The predicted molar refractivity (Wildman–Crippen MR) is 67.8 cm³/mol. The summed E-state index contributed by atoms with van der Waals surface area (Å²) in [6, 6.07) is 9.01. The number of hydrogen-bond acceptors (Lipinski definition) is 4. The normalized spacial score (nSPS) is 10.6. The number of carbonyl (C=O) groups is 1. The molecule has 0 fully saturated rings. The van der Waals surface area contributed by atoms with Crippen molar-refractivity contribution in [1.82, 2.24) is 0 Å². The summed E-state index contributed by atoms with van der Waals surface area (Å²) in [7, 11) is 0. The molecule has 1 rings (SSSR count). The predicted octanol–water partition coefficient (Wildman–Crippen LogP) is 2.56. The highest BCUT2D eigenvalue weighted by Gasteiger charge is 2.09. The molecule has 18 heavy (non-hydrogen) atoms. The Morgan fingerprint density at radius 3 is 2.78 bits per heavy atom. The minimum absolute atomic E-state index is 0.0227. The summed E-state index contributed by atoms with van der Waals surface area (Å²) in [5.41, 5.74) is 0.705. The number of nitriles is 1. The Balaban J connectivity index is 2.95. The largest absolute Gasteiger partial charge is 0.494 e. The van der Waals surface area contributed by atoms with Gasteiger partial charge in [0.25, 0.3) is 0 Å². The molecule has 1 aromatic carbocycles. The summed E-state index contributed by atoms with van der Waals surface area (Å²) in [5.74, 6) is 0.0919. The number of esters is 1. The zero-order valence-electron chi connectivity index (χ0n) is 10.5. The number of benzene rings is 1. The summed E-state index contributed by atoms with van der Waals surface area (Å²) in [5, 5.41) is 8.91. The number of nitrogens with zero attached hydrogens (tertiary/aromatic N) is 1. The number of carbonyl (C=O) groups excluding carboxylic acids is 1. The van der Waals surface area contributed by atoms with E-state index >= 15 is 0 Å². The quantitative estimate of drug-likeness (QED) is 0.454. The van der Waals surface area contributed by atoms with E-state index in [1.54, 1.807) is 25.1 Å². The van der Waals surface area contributed by atoms with E-state index in [2.05, 4.69) is 0 Å². The van der Waals surface area contributed by atoms with Gasteiger partial charge in [-0.25, -0.2) is 4.79 Å². The first-order valence-electron chi connectivity index (χ1n) is 5.73. The second kappa shape index (κ2) is 7.13. The lowest BCUT2D eigenvalue weighted by atomic mass is 10.1.